The van der Waals surface area contributed by atoms with Crippen LogP contribution in [0.3, 0.4) is 0 Å². The summed E-state index contributed by atoms with van der Waals surface area (Å²) in [6, 6.07) is 1.95. The third kappa shape index (κ3) is 4.56. The van der Waals surface area contributed by atoms with E-state index < -0.39 is 0 Å². The molecule has 0 saturated heterocycles. The van der Waals surface area contributed by atoms with Crippen molar-refractivity contribution in [1.82, 2.24) is 9.97 Å². The van der Waals surface area contributed by atoms with E-state index in [1.165, 1.54) is 19.3 Å². The van der Waals surface area contributed by atoms with Crippen LogP contribution in [-0.2, 0) is 6.42 Å². The monoisotopic (exact) mass is 292 g/mol. The molecule has 3 N–H and O–H groups in total. The summed E-state index contributed by atoms with van der Waals surface area (Å²) >= 11 is 0. The van der Waals surface area contributed by atoms with Crippen LogP contribution in [0.2, 0.25) is 0 Å². The number of hydrogen-bond acceptors (Lipinski definition) is 5. The van der Waals surface area contributed by atoms with Gasteiger partial charge in [0.2, 0.25) is 0 Å². The Kier molecular flexibility index (Phi) is 6.23. The first-order valence-electron chi connectivity index (χ1n) is 8.17. The minimum absolute atomic E-state index is 0.305. The Morgan fingerprint density at radius 2 is 1.90 bits per heavy atom. The highest BCUT2D eigenvalue weighted by atomic mass is 16.3. The summed E-state index contributed by atoms with van der Waals surface area (Å²) in [6.07, 6.45) is 6.81. The van der Waals surface area contributed by atoms with Gasteiger partial charge in [0.05, 0.1) is 0 Å². The lowest BCUT2D eigenvalue weighted by molar-refractivity contribution is 0.141. The van der Waals surface area contributed by atoms with Crippen molar-refractivity contribution < 1.29 is 5.11 Å². The second-order valence-electron chi connectivity index (χ2n) is 5.92. The van der Waals surface area contributed by atoms with E-state index in [9.17, 15) is 5.11 Å². The Balaban J connectivity index is 1.99. The van der Waals surface area contributed by atoms with Crippen LogP contribution >= 0.6 is 0 Å². The minimum Gasteiger partial charge on any atom is -0.396 e. The maximum absolute atomic E-state index is 9.49. The molecular weight excluding hydrogens is 264 g/mol. The van der Waals surface area contributed by atoms with Gasteiger partial charge >= 0.3 is 0 Å². The van der Waals surface area contributed by atoms with Crippen LogP contribution in [0.5, 0.6) is 0 Å². The molecule has 1 heterocycles. The van der Waals surface area contributed by atoms with Crippen LogP contribution in [0.15, 0.2) is 6.07 Å². The van der Waals surface area contributed by atoms with Crippen molar-refractivity contribution >= 4 is 11.6 Å². The average molecular weight is 292 g/mol. The van der Waals surface area contributed by atoms with Gasteiger partial charge in [-0.15, -0.1) is 0 Å². The second kappa shape index (κ2) is 8.17. The zero-order chi connectivity index (χ0) is 15.1. The summed E-state index contributed by atoms with van der Waals surface area (Å²) in [6.45, 7) is 3.33. The normalized spacial score (nSPS) is 22.0. The fourth-order valence-electron chi connectivity index (χ4n) is 3.08. The van der Waals surface area contributed by atoms with Gasteiger partial charge in [0, 0.05) is 32.7 Å². The predicted molar refractivity (Wildman–Crippen MR) is 86.6 cm³/mol. The molecule has 1 fully saturated rings. The molecule has 21 heavy (non-hydrogen) atoms. The molecule has 1 saturated carbocycles. The van der Waals surface area contributed by atoms with Crippen molar-refractivity contribution in [2.45, 2.75) is 45.4 Å². The van der Waals surface area contributed by atoms with E-state index in [1.54, 1.807) is 0 Å². The summed E-state index contributed by atoms with van der Waals surface area (Å²) in [4.78, 5) is 9.05. The van der Waals surface area contributed by atoms with E-state index in [0.29, 0.717) is 18.4 Å². The van der Waals surface area contributed by atoms with E-state index in [1.807, 2.05) is 13.1 Å². The Bertz CT molecular complexity index is 438. The summed E-state index contributed by atoms with van der Waals surface area (Å²) in [5, 5.41) is 16.0. The fourth-order valence-corrected chi connectivity index (χ4v) is 3.08. The Hall–Kier alpha value is -1.36. The molecule has 118 valence electrons. The fraction of sp³-hybridized carbons (Fsp3) is 0.750. The molecule has 2 atom stereocenters. The molecular formula is C16H28N4O. The highest BCUT2D eigenvalue weighted by molar-refractivity contribution is 5.47. The highest BCUT2D eigenvalue weighted by Crippen LogP contribution is 2.29. The lowest BCUT2D eigenvalue weighted by Gasteiger charge is -2.30. The number of nitrogens with one attached hydrogen (secondary N) is 2. The zero-order valence-corrected chi connectivity index (χ0v) is 13.2. The molecule has 5 heteroatoms. The average Bonchev–Trinajstić information content (AvgIpc) is 2.53. The lowest BCUT2D eigenvalue weighted by Crippen LogP contribution is -2.29. The third-order valence-corrected chi connectivity index (χ3v) is 4.35. The SMILES string of the molecule is CCCc1nc(NC)cc(NCC2CCCCC2CO)n1. The molecule has 2 unspecified atom stereocenters. The Morgan fingerprint density at radius 3 is 2.57 bits per heavy atom. The first-order chi connectivity index (χ1) is 10.3. The van der Waals surface area contributed by atoms with Gasteiger partial charge in [-0.3, -0.25) is 0 Å². The first-order valence-corrected chi connectivity index (χ1v) is 8.17. The number of anilines is 2. The standard InChI is InChI=1S/C16H28N4O/c1-3-6-14-19-15(17-2)9-16(20-14)18-10-12-7-4-5-8-13(12)11-21/h9,12-13,21H,3-8,10-11H2,1-2H3,(H2,17,18,19,20). The number of hydrogen-bond donors (Lipinski definition) is 3. The number of rotatable bonds is 7. The van der Waals surface area contributed by atoms with Crippen LogP contribution < -0.4 is 10.6 Å². The van der Waals surface area contributed by atoms with Gasteiger partial charge in [0.25, 0.3) is 0 Å². The number of aliphatic hydroxyl groups excluding tert-OH is 1. The van der Waals surface area contributed by atoms with Crippen molar-refractivity contribution in [3.05, 3.63) is 11.9 Å². The number of aryl methyl sites for hydroxylation is 1. The maximum Gasteiger partial charge on any atom is 0.133 e. The van der Waals surface area contributed by atoms with E-state index in [-0.39, 0.29) is 0 Å². The molecule has 5 nitrogen and oxygen atoms in total. The van der Waals surface area contributed by atoms with Crippen molar-refractivity contribution in [3.63, 3.8) is 0 Å². The minimum atomic E-state index is 0.305. The predicted octanol–water partition coefficient (Wildman–Crippen LogP) is 2.68. The highest BCUT2D eigenvalue weighted by Gasteiger charge is 2.24. The smallest absolute Gasteiger partial charge is 0.133 e. The number of nitrogens with zero attached hydrogens (tertiary/aromatic N) is 2. The third-order valence-electron chi connectivity index (χ3n) is 4.35. The molecule has 0 amide bonds. The lowest BCUT2D eigenvalue weighted by atomic mass is 9.79. The van der Waals surface area contributed by atoms with E-state index >= 15 is 0 Å². The van der Waals surface area contributed by atoms with E-state index in [0.717, 1.165) is 43.3 Å². The van der Waals surface area contributed by atoms with Gasteiger partial charge in [-0.05, 0) is 31.1 Å². The summed E-state index contributed by atoms with van der Waals surface area (Å²) in [7, 11) is 1.88. The maximum atomic E-state index is 9.49. The topological polar surface area (TPSA) is 70.1 Å². The molecule has 0 aromatic carbocycles. The van der Waals surface area contributed by atoms with Crippen LogP contribution in [0.1, 0.15) is 44.9 Å². The van der Waals surface area contributed by atoms with Crippen LogP contribution in [0.25, 0.3) is 0 Å². The van der Waals surface area contributed by atoms with Gasteiger partial charge in [-0.1, -0.05) is 19.8 Å². The van der Waals surface area contributed by atoms with E-state index in [4.69, 9.17) is 0 Å². The van der Waals surface area contributed by atoms with Crippen molar-refractivity contribution in [2.24, 2.45) is 11.8 Å². The van der Waals surface area contributed by atoms with Crippen LogP contribution in [0.4, 0.5) is 11.6 Å². The molecule has 0 aliphatic heterocycles. The molecule has 1 aromatic heterocycles. The molecule has 1 aliphatic rings. The summed E-state index contributed by atoms with van der Waals surface area (Å²) in [5.74, 6) is 3.62. The Labute approximate surface area is 127 Å². The van der Waals surface area contributed by atoms with Crippen LogP contribution in [0, 0.1) is 11.8 Å². The van der Waals surface area contributed by atoms with Gasteiger partial charge in [-0.2, -0.15) is 0 Å². The molecule has 0 bridgehead atoms. The molecule has 1 aromatic rings. The summed E-state index contributed by atoms with van der Waals surface area (Å²) in [5.41, 5.74) is 0. The zero-order valence-electron chi connectivity index (χ0n) is 13.2. The van der Waals surface area contributed by atoms with Crippen molar-refractivity contribution in [1.29, 1.82) is 0 Å². The van der Waals surface area contributed by atoms with Gasteiger partial charge in [-0.25, -0.2) is 9.97 Å². The van der Waals surface area contributed by atoms with Gasteiger partial charge in [0.15, 0.2) is 0 Å². The summed E-state index contributed by atoms with van der Waals surface area (Å²) < 4.78 is 0. The molecule has 0 spiro atoms. The van der Waals surface area contributed by atoms with Gasteiger partial charge < -0.3 is 15.7 Å². The van der Waals surface area contributed by atoms with Crippen LogP contribution in [-0.4, -0.2) is 35.3 Å². The quantitative estimate of drug-likeness (QED) is 0.721. The molecule has 0 radical (unpaired) electrons. The number of aliphatic hydroxyl groups is 1. The van der Waals surface area contributed by atoms with Gasteiger partial charge in [0.1, 0.15) is 17.5 Å². The molecule has 1 aliphatic carbocycles. The first kappa shape index (κ1) is 16.0. The largest absolute Gasteiger partial charge is 0.396 e. The molecule has 2 rings (SSSR count). The van der Waals surface area contributed by atoms with Crippen molar-refractivity contribution in [2.75, 3.05) is 30.8 Å². The second-order valence-corrected chi connectivity index (χ2v) is 5.92. The Morgan fingerprint density at radius 1 is 1.19 bits per heavy atom. The van der Waals surface area contributed by atoms with Crippen molar-refractivity contribution in [3.8, 4) is 0 Å². The number of aromatic nitrogens is 2. The van der Waals surface area contributed by atoms with E-state index in [2.05, 4.69) is 27.5 Å².